The molecule has 1 aromatic rings. The van der Waals surface area contributed by atoms with E-state index < -0.39 is 9.84 Å². The predicted octanol–water partition coefficient (Wildman–Crippen LogP) is 2.17. The zero-order valence-electron chi connectivity index (χ0n) is 8.23. The first-order chi connectivity index (χ1) is 6.97. The molecular weight excluding hydrogens is 298 g/mol. The average molecular weight is 310 g/mol. The van der Waals surface area contributed by atoms with Crippen molar-refractivity contribution in [2.75, 3.05) is 23.5 Å². The first-order valence-corrected chi connectivity index (χ1v) is 8.08. The van der Waals surface area contributed by atoms with Crippen LogP contribution in [0, 0.1) is 0 Å². The smallest absolute Gasteiger partial charge is 0.181 e. The normalized spacial score (nSPS) is 11.6. The van der Waals surface area contributed by atoms with Gasteiger partial charge >= 0.3 is 0 Å². The Morgan fingerprint density at radius 3 is 2.73 bits per heavy atom. The highest BCUT2D eigenvalue weighted by Gasteiger charge is 2.17. The summed E-state index contributed by atoms with van der Waals surface area (Å²) in [5.74, 6) is 0.698. The van der Waals surface area contributed by atoms with E-state index in [9.17, 15) is 8.42 Å². The maximum atomic E-state index is 11.8. The van der Waals surface area contributed by atoms with Crippen LogP contribution in [-0.2, 0) is 9.84 Å². The van der Waals surface area contributed by atoms with Gasteiger partial charge < -0.3 is 5.73 Å². The van der Waals surface area contributed by atoms with Crippen LogP contribution in [0.15, 0.2) is 27.6 Å². The molecule has 0 amide bonds. The summed E-state index contributed by atoms with van der Waals surface area (Å²) >= 11 is 4.73. The van der Waals surface area contributed by atoms with Crippen molar-refractivity contribution in [2.45, 2.75) is 4.90 Å². The van der Waals surface area contributed by atoms with Gasteiger partial charge in [0.05, 0.1) is 16.3 Å². The van der Waals surface area contributed by atoms with Crippen LogP contribution in [0.5, 0.6) is 0 Å². The Hall–Kier alpha value is -0.200. The molecule has 84 valence electrons. The molecule has 0 radical (unpaired) electrons. The van der Waals surface area contributed by atoms with Crippen LogP contribution in [0.2, 0.25) is 0 Å². The fourth-order valence-corrected chi connectivity index (χ4v) is 4.09. The van der Waals surface area contributed by atoms with Gasteiger partial charge in [-0.05, 0) is 24.5 Å². The van der Waals surface area contributed by atoms with Gasteiger partial charge in [-0.15, -0.1) is 0 Å². The van der Waals surface area contributed by atoms with Crippen LogP contribution < -0.4 is 5.73 Å². The fraction of sp³-hybridized carbons (Fsp3) is 0.333. The Morgan fingerprint density at radius 1 is 1.47 bits per heavy atom. The van der Waals surface area contributed by atoms with E-state index in [1.165, 1.54) is 11.8 Å². The number of hydrogen-bond donors (Lipinski definition) is 1. The molecule has 0 aliphatic heterocycles. The lowest BCUT2D eigenvalue weighted by atomic mass is 10.3. The third kappa shape index (κ3) is 3.39. The van der Waals surface area contributed by atoms with Gasteiger partial charge in [0, 0.05) is 10.2 Å². The van der Waals surface area contributed by atoms with Crippen LogP contribution in [0.25, 0.3) is 0 Å². The van der Waals surface area contributed by atoms with E-state index in [1.807, 2.05) is 6.26 Å². The minimum Gasteiger partial charge on any atom is -0.398 e. The first-order valence-electron chi connectivity index (χ1n) is 4.24. The van der Waals surface area contributed by atoms with E-state index >= 15 is 0 Å². The molecule has 0 aromatic heterocycles. The van der Waals surface area contributed by atoms with Crippen molar-refractivity contribution in [2.24, 2.45) is 0 Å². The number of thioether (sulfide) groups is 1. The van der Waals surface area contributed by atoms with Gasteiger partial charge in [0.2, 0.25) is 0 Å². The molecule has 3 nitrogen and oxygen atoms in total. The molecule has 0 bridgehead atoms. The van der Waals surface area contributed by atoms with Crippen LogP contribution in [0.1, 0.15) is 0 Å². The van der Waals surface area contributed by atoms with E-state index in [2.05, 4.69) is 15.9 Å². The van der Waals surface area contributed by atoms with Gasteiger partial charge in [0.15, 0.2) is 9.84 Å². The summed E-state index contributed by atoms with van der Waals surface area (Å²) in [5, 5.41) is 0. The number of rotatable bonds is 4. The van der Waals surface area contributed by atoms with Crippen LogP contribution >= 0.6 is 27.7 Å². The third-order valence-corrected chi connectivity index (χ3v) is 5.00. The molecule has 15 heavy (non-hydrogen) atoms. The molecule has 6 heteroatoms. The highest BCUT2D eigenvalue weighted by Crippen LogP contribution is 2.24. The van der Waals surface area contributed by atoms with Gasteiger partial charge in [-0.3, -0.25) is 0 Å². The second-order valence-corrected chi connectivity index (χ2v) is 6.97. The number of benzene rings is 1. The molecule has 2 N–H and O–H groups in total. The Kier molecular flexibility index (Phi) is 4.48. The van der Waals surface area contributed by atoms with Crippen LogP contribution in [-0.4, -0.2) is 26.2 Å². The Labute approximate surface area is 102 Å². The maximum absolute atomic E-state index is 11.8. The number of halogens is 1. The lowest BCUT2D eigenvalue weighted by Crippen LogP contribution is -2.11. The number of anilines is 1. The van der Waals surface area contributed by atoms with E-state index in [0.29, 0.717) is 11.4 Å². The summed E-state index contributed by atoms with van der Waals surface area (Å²) in [5.41, 5.74) is 5.95. The van der Waals surface area contributed by atoms with E-state index in [-0.39, 0.29) is 10.6 Å². The first kappa shape index (κ1) is 12.9. The second-order valence-electron chi connectivity index (χ2n) is 2.99. The Balaban J connectivity index is 3.09. The molecule has 0 spiro atoms. The van der Waals surface area contributed by atoms with Gasteiger partial charge in [0.25, 0.3) is 0 Å². The molecule has 0 fully saturated rings. The number of sulfone groups is 1. The SMILES string of the molecule is CSCCS(=O)(=O)c1cc(Br)ccc1N. The van der Waals surface area contributed by atoms with Crippen LogP contribution in [0.4, 0.5) is 5.69 Å². The summed E-state index contributed by atoms with van der Waals surface area (Å²) in [4.78, 5) is 0.214. The van der Waals surface area contributed by atoms with Crippen molar-refractivity contribution in [3.8, 4) is 0 Å². The maximum Gasteiger partial charge on any atom is 0.181 e. The third-order valence-electron chi connectivity index (χ3n) is 1.87. The average Bonchev–Trinajstić information content (AvgIpc) is 2.18. The van der Waals surface area contributed by atoms with Gasteiger partial charge in [-0.1, -0.05) is 15.9 Å². The molecule has 0 aliphatic carbocycles. The lowest BCUT2D eigenvalue weighted by Gasteiger charge is -2.07. The Morgan fingerprint density at radius 2 is 2.13 bits per heavy atom. The number of nitrogens with two attached hydrogens (primary N) is 1. The predicted molar refractivity (Wildman–Crippen MR) is 69.0 cm³/mol. The zero-order chi connectivity index (χ0) is 11.5. The highest BCUT2D eigenvalue weighted by atomic mass is 79.9. The van der Waals surface area contributed by atoms with Crippen molar-refractivity contribution in [1.82, 2.24) is 0 Å². The van der Waals surface area contributed by atoms with E-state index in [1.54, 1.807) is 18.2 Å². The van der Waals surface area contributed by atoms with Gasteiger partial charge in [-0.2, -0.15) is 11.8 Å². The Bertz CT molecular complexity index is 445. The molecule has 0 heterocycles. The quantitative estimate of drug-likeness (QED) is 0.866. The van der Waals surface area contributed by atoms with Crippen molar-refractivity contribution >= 4 is 43.2 Å². The van der Waals surface area contributed by atoms with Crippen LogP contribution in [0.3, 0.4) is 0 Å². The molecule has 0 saturated heterocycles. The molecule has 1 rings (SSSR count). The lowest BCUT2D eigenvalue weighted by molar-refractivity contribution is 0.598. The summed E-state index contributed by atoms with van der Waals surface area (Å²) in [6.07, 6.45) is 1.87. The summed E-state index contributed by atoms with van der Waals surface area (Å²) in [6, 6.07) is 4.87. The van der Waals surface area contributed by atoms with E-state index in [0.717, 1.165) is 4.47 Å². The standard InChI is InChI=1S/C9H12BrNO2S2/c1-14-4-5-15(12,13)9-6-7(10)2-3-8(9)11/h2-3,6H,4-5,11H2,1H3. The number of hydrogen-bond acceptors (Lipinski definition) is 4. The van der Waals surface area contributed by atoms with E-state index in [4.69, 9.17) is 5.73 Å². The molecule has 1 aromatic carbocycles. The molecule has 0 unspecified atom stereocenters. The van der Waals surface area contributed by atoms with Gasteiger partial charge in [0.1, 0.15) is 0 Å². The summed E-state index contributed by atoms with van der Waals surface area (Å²) in [6.45, 7) is 0. The minimum atomic E-state index is -3.25. The summed E-state index contributed by atoms with van der Waals surface area (Å²) in [7, 11) is -3.25. The second kappa shape index (κ2) is 5.23. The van der Waals surface area contributed by atoms with Crippen molar-refractivity contribution in [3.63, 3.8) is 0 Å². The molecule has 0 aliphatic rings. The summed E-state index contributed by atoms with van der Waals surface area (Å²) < 4.78 is 24.4. The monoisotopic (exact) mass is 309 g/mol. The highest BCUT2D eigenvalue weighted by molar-refractivity contribution is 9.10. The van der Waals surface area contributed by atoms with Crippen molar-refractivity contribution in [1.29, 1.82) is 0 Å². The topological polar surface area (TPSA) is 60.2 Å². The van der Waals surface area contributed by atoms with Gasteiger partial charge in [-0.25, -0.2) is 8.42 Å². The minimum absolute atomic E-state index is 0.120. The number of nitrogen functional groups attached to an aromatic ring is 1. The zero-order valence-corrected chi connectivity index (χ0v) is 11.5. The molecule has 0 saturated carbocycles. The largest absolute Gasteiger partial charge is 0.398 e. The fourth-order valence-electron chi connectivity index (χ4n) is 1.08. The molecular formula is C9H12BrNO2S2. The van der Waals surface area contributed by atoms with Crippen molar-refractivity contribution in [3.05, 3.63) is 22.7 Å². The van der Waals surface area contributed by atoms with Crippen molar-refractivity contribution < 1.29 is 8.42 Å². The molecule has 0 atom stereocenters.